The number of aromatic nitrogens is 2. The number of ether oxygens (including phenoxy) is 1. The molecule has 0 radical (unpaired) electrons. The lowest BCUT2D eigenvalue weighted by Crippen LogP contribution is -1.99. The third-order valence-corrected chi connectivity index (χ3v) is 4.35. The maximum absolute atomic E-state index is 11.5. The molecule has 29 heavy (non-hydrogen) atoms. The maximum Gasteiger partial charge on any atom is 0.337 e. The van der Waals surface area contributed by atoms with Crippen molar-refractivity contribution in [3.8, 4) is 22.5 Å². The number of imidazole rings is 1. The first-order valence-electron chi connectivity index (χ1n) is 9.05. The summed E-state index contributed by atoms with van der Waals surface area (Å²) in [5.41, 5.74) is 4.77. The monoisotopic (exact) mass is 382 g/mol. The molecule has 0 atom stereocenters. The number of nitrogens with one attached hydrogen (secondary N) is 1. The van der Waals surface area contributed by atoms with Crippen molar-refractivity contribution in [1.82, 2.24) is 9.97 Å². The van der Waals surface area contributed by atoms with Gasteiger partial charge in [-0.2, -0.15) is 0 Å². The topological polar surface area (TPSA) is 79.7 Å². The van der Waals surface area contributed by atoms with Gasteiger partial charge >= 0.3 is 5.97 Å². The Labute approximate surface area is 167 Å². The molecule has 0 fully saturated rings. The van der Waals surface area contributed by atoms with E-state index in [9.17, 15) is 4.79 Å². The van der Waals surface area contributed by atoms with E-state index in [1.54, 1.807) is 24.3 Å². The molecule has 142 valence electrons. The van der Waals surface area contributed by atoms with Crippen molar-refractivity contribution in [2.75, 3.05) is 7.11 Å². The normalized spacial score (nSPS) is 10.9. The molecular weight excluding hydrogens is 364 g/mol. The molecule has 0 unspecified atom stereocenters. The van der Waals surface area contributed by atoms with Gasteiger partial charge < -0.3 is 9.72 Å². The fraction of sp³-hybridized carbons (Fsp3) is 0.0435. The largest absolute Gasteiger partial charge is 0.465 e. The second-order valence-electron chi connectivity index (χ2n) is 6.25. The van der Waals surface area contributed by atoms with Crippen molar-refractivity contribution in [3.05, 3.63) is 90.5 Å². The molecule has 1 aromatic heterocycles. The predicted molar refractivity (Wildman–Crippen MR) is 111 cm³/mol. The number of hydrogen-bond donors (Lipinski definition) is 1. The van der Waals surface area contributed by atoms with Gasteiger partial charge in [0.25, 0.3) is 0 Å². The first-order valence-corrected chi connectivity index (χ1v) is 9.05. The highest BCUT2D eigenvalue weighted by atomic mass is 16.5. The lowest BCUT2D eigenvalue weighted by Gasteiger charge is -2.02. The van der Waals surface area contributed by atoms with Gasteiger partial charge in [0.2, 0.25) is 5.95 Å². The summed E-state index contributed by atoms with van der Waals surface area (Å²) >= 11 is 0. The summed E-state index contributed by atoms with van der Waals surface area (Å²) in [5, 5.41) is 8.47. The number of nitrogens with zero attached hydrogens (tertiary/aromatic N) is 3. The Hall–Kier alpha value is -4.06. The Morgan fingerprint density at radius 2 is 1.45 bits per heavy atom. The lowest BCUT2D eigenvalue weighted by atomic mass is 10.1. The van der Waals surface area contributed by atoms with E-state index in [1.165, 1.54) is 7.11 Å². The number of hydrogen-bond acceptors (Lipinski definition) is 5. The minimum Gasteiger partial charge on any atom is -0.465 e. The molecule has 3 aromatic carbocycles. The molecule has 4 rings (SSSR count). The van der Waals surface area contributed by atoms with E-state index in [4.69, 9.17) is 4.74 Å². The van der Waals surface area contributed by atoms with E-state index < -0.39 is 0 Å². The van der Waals surface area contributed by atoms with Gasteiger partial charge in [0.1, 0.15) is 0 Å². The van der Waals surface area contributed by atoms with Gasteiger partial charge in [-0.25, -0.2) is 9.78 Å². The number of rotatable bonds is 5. The van der Waals surface area contributed by atoms with E-state index in [-0.39, 0.29) is 5.97 Å². The molecule has 0 aliphatic heterocycles. The summed E-state index contributed by atoms with van der Waals surface area (Å²) in [6, 6.07) is 26.6. The third kappa shape index (κ3) is 4.11. The first-order chi connectivity index (χ1) is 14.2. The highest BCUT2D eigenvalue weighted by molar-refractivity contribution is 5.89. The Balaban J connectivity index is 1.67. The van der Waals surface area contributed by atoms with E-state index in [0.717, 1.165) is 22.5 Å². The SMILES string of the molecule is COC(=O)c1ccc(N=Nc2nc(-c3ccccc3)c(-c3ccccc3)[nH]2)cc1. The zero-order valence-corrected chi connectivity index (χ0v) is 15.7. The molecule has 0 amide bonds. The minimum absolute atomic E-state index is 0.389. The Morgan fingerprint density at radius 3 is 2.07 bits per heavy atom. The van der Waals surface area contributed by atoms with Crippen LogP contribution in [-0.2, 0) is 4.74 Å². The summed E-state index contributed by atoms with van der Waals surface area (Å²) < 4.78 is 4.70. The van der Waals surface area contributed by atoms with Crippen LogP contribution in [0.3, 0.4) is 0 Å². The minimum atomic E-state index is -0.389. The van der Waals surface area contributed by atoms with Crippen LogP contribution >= 0.6 is 0 Å². The van der Waals surface area contributed by atoms with Gasteiger partial charge in [-0.05, 0) is 24.3 Å². The van der Waals surface area contributed by atoms with Crippen molar-refractivity contribution in [2.24, 2.45) is 10.2 Å². The molecule has 0 bridgehead atoms. The quantitative estimate of drug-likeness (QED) is 0.342. The predicted octanol–water partition coefficient (Wildman–Crippen LogP) is 5.95. The fourth-order valence-electron chi connectivity index (χ4n) is 2.91. The molecule has 0 aliphatic rings. The van der Waals surface area contributed by atoms with Crippen LogP contribution in [0.25, 0.3) is 22.5 Å². The average molecular weight is 382 g/mol. The van der Waals surface area contributed by atoms with Gasteiger partial charge in [0, 0.05) is 11.1 Å². The smallest absolute Gasteiger partial charge is 0.337 e. The lowest BCUT2D eigenvalue weighted by molar-refractivity contribution is 0.0601. The van der Waals surface area contributed by atoms with E-state index in [0.29, 0.717) is 17.2 Å². The van der Waals surface area contributed by atoms with Crippen LogP contribution in [0, 0.1) is 0 Å². The number of benzene rings is 3. The van der Waals surface area contributed by atoms with Crippen LogP contribution in [0.2, 0.25) is 0 Å². The zero-order chi connectivity index (χ0) is 20.1. The van der Waals surface area contributed by atoms with Crippen LogP contribution in [0.1, 0.15) is 10.4 Å². The van der Waals surface area contributed by atoms with Crippen LogP contribution in [-0.4, -0.2) is 23.0 Å². The average Bonchev–Trinajstić information content (AvgIpc) is 3.23. The van der Waals surface area contributed by atoms with E-state index in [2.05, 4.69) is 20.2 Å². The number of carbonyl (C=O) groups is 1. The Bertz CT molecular complexity index is 1080. The van der Waals surface area contributed by atoms with E-state index in [1.807, 2.05) is 60.7 Å². The van der Waals surface area contributed by atoms with Crippen LogP contribution in [0.5, 0.6) is 0 Å². The van der Waals surface area contributed by atoms with Crippen LogP contribution in [0.4, 0.5) is 11.6 Å². The summed E-state index contributed by atoms with van der Waals surface area (Å²) in [4.78, 5) is 19.4. The van der Waals surface area contributed by atoms with E-state index >= 15 is 0 Å². The summed E-state index contributed by atoms with van der Waals surface area (Å²) in [5.74, 6) is 0.0132. The summed E-state index contributed by atoms with van der Waals surface area (Å²) in [6.07, 6.45) is 0. The van der Waals surface area contributed by atoms with Crippen LogP contribution < -0.4 is 0 Å². The molecule has 0 aliphatic carbocycles. The molecule has 0 saturated heterocycles. The van der Waals surface area contributed by atoms with Gasteiger partial charge in [0.15, 0.2) is 0 Å². The summed E-state index contributed by atoms with van der Waals surface area (Å²) in [6.45, 7) is 0. The highest BCUT2D eigenvalue weighted by Gasteiger charge is 2.13. The summed E-state index contributed by atoms with van der Waals surface area (Å²) in [7, 11) is 1.35. The van der Waals surface area contributed by atoms with Crippen molar-refractivity contribution in [1.29, 1.82) is 0 Å². The standard InChI is InChI=1S/C23H18N4O2/c1-29-22(28)18-12-14-19(15-13-18)26-27-23-24-20(16-8-4-2-5-9-16)21(25-23)17-10-6-3-7-11-17/h2-15H,1H3,(H,24,25). The Kier molecular flexibility index (Phi) is 5.25. The Morgan fingerprint density at radius 1 is 0.828 bits per heavy atom. The van der Waals surface area contributed by atoms with Crippen molar-refractivity contribution in [3.63, 3.8) is 0 Å². The molecule has 0 spiro atoms. The van der Waals surface area contributed by atoms with Gasteiger partial charge in [-0.15, -0.1) is 10.2 Å². The first kappa shape index (κ1) is 18.3. The van der Waals surface area contributed by atoms with Crippen molar-refractivity contribution in [2.45, 2.75) is 0 Å². The number of azo groups is 1. The fourth-order valence-corrected chi connectivity index (χ4v) is 2.91. The zero-order valence-electron chi connectivity index (χ0n) is 15.7. The molecule has 1 N–H and O–H groups in total. The molecule has 1 heterocycles. The maximum atomic E-state index is 11.5. The number of H-pyrrole nitrogens is 1. The second kappa shape index (κ2) is 8.31. The second-order valence-corrected chi connectivity index (χ2v) is 6.25. The number of aromatic amines is 1. The van der Waals surface area contributed by atoms with Gasteiger partial charge in [-0.3, -0.25) is 0 Å². The van der Waals surface area contributed by atoms with Crippen LogP contribution in [0.15, 0.2) is 95.2 Å². The van der Waals surface area contributed by atoms with Gasteiger partial charge in [0.05, 0.1) is 29.7 Å². The van der Waals surface area contributed by atoms with Crippen molar-refractivity contribution >= 4 is 17.6 Å². The number of carbonyl (C=O) groups excluding carboxylic acids is 1. The number of esters is 1. The highest BCUT2D eigenvalue weighted by Crippen LogP contribution is 2.32. The molecule has 0 saturated carbocycles. The molecular formula is C23H18N4O2. The molecule has 6 heteroatoms. The third-order valence-electron chi connectivity index (χ3n) is 4.35. The number of methoxy groups -OCH3 is 1. The molecule has 6 nitrogen and oxygen atoms in total. The van der Waals surface area contributed by atoms with Crippen molar-refractivity contribution < 1.29 is 9.53 Å². The van der Waals surface area contributed by atoms with Gasteiger partial charge in [-0.1, -0.05) is 60.7 Å². The molecule has 4 aromatic rings.